The van der Waals surface area contributed by atoms with E-state index in [1.807, 2.05) is 35.2 Å². The van der Waals surface area contributed by atoms with Crippen LogP contribution >= 0.6 is 0 Å². The third-order valence-corrected chi connectivity index (χ3v) is 4.79. The van der Waals surface area contributed by atoms with Gasteiger partial charge in [-0.05, 0) is 44.3 Å². The summed E-state index contributed by atoms with van der Waals surface area (Å²) in [6.45, 7) is 4.08. The molecule has 0 aromatic heterocycles. The fraction of sp³-hybridized carbons (Fsp3) is 0.588. The number of carbonyl (C=O) groups excluding carboxylic acids is 1. The molecule has 114 valence electrons. The van der Waals surface area contributed by atoms with Crippen molar-refractivity contribution in [2.24, 2.45) is 5.73 Å². The van der Waals surface area contributed by atoms with Crippen LogP contribution in [-0.4, -0.2) is 47.9 Å². The van der Waals surface area contributed by atoms with Gasteiger partial charge in [-0.1, -0.05) is 30.3 Å². The van der Waals surface area contributed by atoms with E-state index in [-0.39, 0.29) is 5.91 Å². The predicted octanol–water partition coefficient (Wildman–Crippen LogP) is 1.77. The van der Waals surface area contributed by atoms with E-state index < -0.39 is 6.04 Å². The van der Waals surface area contributed by atoms with E-state index in [0.29, 0.717) is 6.04 Å². The molecular formula is C17H25N3O. The molecule has 1 aromatic rings. The second-order valence-electron chi connectivity index (χ2n) is 6.21. The van der Waals surface area contributed by atoms with Crippen molar-refractivity contribution in [3.8, 4) is 0 Å². The molecule has 21 heavy (non-hydrogen) atoms. The van der Waals surface area contributed by atoms with Gasteiger partial charge in [0.2, 0.25) is 5.91 Å². The van der Waals surface area contributed by atoms with Crippen molar-refractivity contribution >= 4 is 5.91 Å². The van der Waals surface area contributed by atoms with Gasteiger partial charge in [-0.25, -0.2) is 0 Å². The van der Waals surface area contributed by atoms with Crippen molar-refractivity contribution in [1.29, 1.82) is 0 Å². The molecule has 2 atom stereocenters. The number of carbonyl (C=O) groups is 1. The Hall–Kier alpha value is -1.39. The highest BCUT2D eigenvalue weighted by Crippen LogP contribution is 2.22. The summed E-state index contributed by atoms with van der Waals surface area (Å²) < 4.78 is 0. The standard InChI is InChI=1S/C17H25N3O/c18-16(14-7-2-1-3-8-14)17(21)20-12-6-9-15(13-20)19-10-4-5-11-19/h1-3,7-8,15-16H,4-6,9-13,18H2/t15?,16-/m1/s1. The summed E-state index contributed by atoms with van der Waals surface area (Å²) in [5.41, 5.74) is 7.07. The topological polar surface area (TPSA) is 49.6 Å². The molecule has 4 nitrogen and oxygen atoms in total. The zero-order chi connectivity index (χ0) is 14.7. The fourth-order valence-electron chi connectivity index (χ4n) is 3.56. The van der Waals surface area contributed by atoms with Gasteiger partial charge < -0.3 is 10.6 Å². The molecule has 0 aliphatic carbocycles. The molecule has 1 aromatic carbocycles. The van der Waals surface area contributed by atoms with E-state index in [9.17, 15) is 4.79 Å². The molecule has 3 rings (SSSR count). The van der Waals surface area contributed by atoms with Crippen molar-refractivity contribution in [3.63, 3.8) is 0 Å². The smallest absolute Gasteiger partial charge is 0.244 e. The molecule has 1 amide bonds. The van der Waals surface area contributed by atoms with Crippen molar-refractivity contribution < 1.29 is 4.79 Å². The van der Waals surface area contributed by atoms with Gasteiger partial charge in [-0.2, -0.15) is 0 Å². The Bertz CT molecular complexity index is 470. The second-order valence-corrected chi connectivity index (χ2v) is 6.21. The molecule has 2 aliphatic heterocycles. The van der Waals surface area contributed by atoms with Crippen LogP contribution in [0.5, 0.6) is 0 Å². The van der Waals surface area contributed by atoms with Crippen LogP contribution in [0, 0.1) is 0 Å². The largest absolute Gasteiger partial charge is 0.339 e. The summed E-state index contributed by atoms with van der Waals surface area (Å²) in [6.07, 6.45) is 4.90. The quantitative estimate of drug-likeness (QED) is 0.922. The van der Waals surface area contributed by atoms with Gasteiger partial charge >= 0.3 is 0 Å². The normalized spacial score (nSPS) is 25.0. The lowest BCUT2D eigenvalue weighted by atomic mass is 10.0. The van der Waals surface area contributed by atoms with Crippen LogP contribution in [0.25, 0.3) is 0 Å². The molecule has 0 spiro atoms. The zero-order valence-corrected chi connectivity index (χ0v) is 12.6. The highest BCUT2D eigenvalue weighted by molar-refractivity contribution is 5.83. The molecule has 4 heteroatoms. The minimum Gasteiger partial charge on any atom is -0.339 e. The lowest BCUT2D eigenvalue weighted by Crippen LogP contribution is -2.51. The number of likely N-dealkylation sites (tertiary alicyclic amines) is 2. The molecular weight excluding hydrogens is 262 g/mol. The van der Waals surface area contributed by atoms with Crippen LogP contribution in [0.15, 0.2) is 30.3 Å². The monoisotopic (exact) mass is 287 g/mol. The predicted molar refractivity (Wildman–Crippen MR) is 83.8 cm³/mol. The number of rotatable bonds is 3. The van der Waals surface area contributed by atoms with E-state index in [1.54, 1.807) is 0 Å². The molecule has 2 saturated heterocycles. The molecule has 0 radical (unpaired) electrons. The number of hydrogen-bond donors (Lipinski definition) is 1. The van der Waals surface area contributed by atoms with Gasteiger partial charge in [0.05, 0.1) is 0 Å². The van der Waals surface area contributed by atoms with E-state index in [1.165, 1.54) is 32.4 Å². The lowest BCUT2D eigenvalue weighted by Gasteiger charge is -2.38. The highest BCUT2D eigenvalue weighted by Gasteiger charge is 2.31. The maximum atomic E-state index is 12.6. The Balaban J connectivity index is 1.64. The first-order valence-corrected chi connectivity index (χ1v) is 8.09. The number of nitrogens with two attached hydrogens (primary N) is 1. The Labute approximate surface area is 126 Å². The molecule has 2 fully saturated rings. The average molecular weight is 287 g/mol. The van der Waals surface area contributed by atoms with Crippen LogP contribution in [0.4, 0.5) is 0 Å². The summed E-state index contributed by atoms with van der Waals surface area (Å²) in [5, 5.41) is 0. The third-order valence-electron chi connectivity index (χ3n) is 4.79. The summed E-state index contributed by atoms with van der Waals surface area (Å²) in [6, 6.07) is 9.70. The maximum absolute atomic E-state index is 12.6. The lowest BCUT2D eigenvalue weighted by molar-refractivity contribution is -0.134. The molecule has 2 aliphatic rings. The van der Waals surface area contributed by atoms with Crippen LogP contribution in [-0.2, 0) is 4.79 Å². The number of piperidine rings is 1. The number of amides is 1. The first-order valence-electron chi connectivity index (χ1n) is 8.09. The Morgan fingerprint density at radius 1 is 1.10 bits per heavy atom. The molecule has 0 bridgehead atoms. The van der Waals surface area contributed by atoms with Crippen molar-refractivity contribution in [2.45, 2.75) is 37.8 Å². The van der Waals surface area contributed by atoms with Crippen LogP contribution in [0.1, 0.15) is 37.3 Å². The zero-order valence-electron chi connectivity index (χ0n) is 12.6. The van der Waals surface area contributed by atoms with E-state index in [4.69, 9.17) is 5.73 Å². The Morgan fingerprint density at radius 3 is 2.52 bits per heavy atom. The molecule has 2 N–H and O–H groups in total. The van der Waals surface area contributed by atoms with Gasteiger partial charge in [-0.3, -0.25) is 9.69 Å². The first-order chi connectivity index (χ1) is 10.3. The average Bonchev–Trinajstić information content (AvgIpc) is 3.09. The van der Waals surface area contributed by atoms with E-state index >= 15 is 0 Å². The van der Waals surface area contributed by atoms with Crippen molar-refractivity contribution in [1.82, 2.24) is 9.80 Å². The summed E-state index contributed by atoms with van der Waals surface area (Å²) in [5.74, 6) is 0.0742. The molecule has 1 unspecified atom stereocenters. The van der Waals surface area contributed by atoms with Crippen molar-refractivity contribution in [2.75, 3.05) is 26.2 Å². The first kappa shape index (κ1) is 14.5. The number of nitrogens with zero attached hydrogens (tertiary/aromatic N) is 2. The van der Waals surface area contributed by atoms with Crippen LogP contribution < -0.4 is 5.73 Å². The SMILES string of the molecule is N[C@@H](C(=O)N1CCCC(N2CCCC2)C1)c1ccccc1. The number of hydrogen-bond acceptors (Lipinski definition) is 3. The molecule has 2 heterocycles. The third kappa shape index (κ3) is 3.27. The maximum Gasteiger partial charge on any atom is 0.244 e. The fourth-order valence-corrected chi connectivity index (χ4v) is 3.56. The molecule has 0 saturated carbocycles. The van der Waals surface area contributed by atoms with Gasteiger partial charge in [0.1, 0.15) is 6.04 Å². The van der Waals surface area contributed by atoms with Crippen molar-refractivity contribution in [3.05, 3.63) is 35.9 Å². The minimum absolute atomic E-state index is 0.0742. The Kier molecular flexibility index (Phi) is 4.56. The number of benzene rings is 1. The van der Waals surface area contributed by atoms with E-state index in [0.717, 1.165) is 25.1 Å². The summed E-state index contributed by atoms with van der Waals surface area (Å²) >= 11 is 0. The minimum atomic E-state index is -0.525. The van der Waals surface area contributed by atoms with Gasteiger partial charge in [0, 0.05) is 19.1 Å². The van der Waals surface area contributed by atoms with Gasteiger partial charge in [0.15, 0.2) is 0 Å². The Morgan fingerprint density at radius 2 is 1.81 bits per heavy atom. The summed E-state index contributed by atoms with van der Waals surface area (Å²) in [7, 11) is 0. The summed E-state index contributed by atoms with van der Waals surface area (Å²) in [4.78, 5) is 17.2. The highest BCUT2D eigenvalue weighted by atomic mass is 16.2. The van der Waals surface area contributed by atoms with Gasteiger partial charge in [-0.15, -0.1) is 0 Å². The van der Waals surface area contributed by atoms with Gasteiger partial charge in [0.25, 0.3) is 0 Å². The van der Waals surface area contributed by atoms with Crippen LogP contribution in [0.2, 0.25) is 0 Å². The van der Waals surface area contributed by atoms with Crippen LogP contribution in [0.3, 0.4) is 0 Å². The second kappa shape index (κ2) is 6.58. The van der Waals surface area contributed by atoms with E-state index in [2.05, 4.69) is 4.90 Å².